The van der Waals surface area contributed by atoms with Crippen LogP contribution in [0, 0.1) is 0 Å². The van der Waals surface area contributed by atoms with E-state index in [4.69, 9.17) is 14.2 Å². The number of hydrogen-bond donors (Lipinski definition) is 0. The second-order valence-electron chi connectivity index (χ2n) is 6.81. The maximum atomic E-state index is 5.96. The highest BCUT2D eigenvalue weighted by atomic mass is 16.5. The van der Waals surface area contributed by atoms with Crippen molar-refractivity contribution in [1.82, 2.24) is 0 Å². The van der Waals surface area contributed by atoms with Crippen LogP contribution in [0.25, 0.3) is 0 Å². The zero-order chi connectivity index (χ0) is 21.9. The molecule has 3 nitrogen and oxygen atoms in total. The number of hydrogen-bond acceptors (Lipinski definition) is 3. The second kappa shape index (κ2) is 11.5. The molecule has 31 heavy (non-hydrogen) atoms. The Bertz CT molecular complexity index is 926. The van der Waals surface area contributed by atoms with Gasteiger partial charge in [-0.25, -0.2) is 0 Å². The lowest BCUT2D eigenvalue weighted by atomic mass is 9.83. The van der Waals surface area contributed by atoms with E-state index >= 15 is 0 Å². The normalized spacial score (nSPS) is 12.5. The maximum Gasteiger partial charge on any atom is 0.130 e. The number of benzene rings is 3. The van der Waals surface area contributed by atoms with E-state index in [-0.39, 0.29) is 5.92 Å². The molecule has 3 aromatic carbocycles. The van der Waals surface area contributed by atoms with Crippen molar-refractivity contribution in [2.24, 2.45) is 0 Å². The van der Waals surface area contributed by atoms with E-state index in [1.807, 2.05) is 93.6 Å². The maximum absolute atomic E-state index is 5.96. The predicted octanol–water partition coefficient (Wildman–Crippen LogP) is 7.60. The Labute approximate surface area is 184 Å². The molecule has 0 aliphatic rings. The Morgan fingerprint density at radius 3 is 1.06 bits per heavy atom. The molecule has 0 atom stereocenters. The zero-order valence-electron chi connectivity index (χ0n) is 18.2. The summed E-state index contributed by atoms with van der Waals surface area (Å²) in [5, 5.41) is 0. The van der Waals surface area contributed by atoms with Crippen molar-refractivity contribution >= 4 is 0 Å². The van der Waals surface area contributed by atoms with Gasteiger partial charge in [0.15, 0.2) is 0 Å². The van der Waals surface area contributed by atoms with Gasteiger partial charge in [-0.15, -0.1) is 0 Å². The molecule has 158 valence electrons. The fourth-order valence-corrected chi connectivity index (χ4v) is 3.41. The largest absolute Gasteiger partial charge is 0.465 e. The van der Waals surface area contributed by atoms with Crippen LogP contribution in [0.4, 0.5) is 0 Å². The molecule has 0 amide bonds. The smallest absolute Gasteiger partial charge is 0.130 e. The fourth-order valence-electron chi connectivity index (χ4n) is 3.41. The minimum atomic E-state index is -0.163. The summed E-state index contributed by atoms with van der Waals surface area (Å²) in [5.74, 6) is 2.19. The fraction of sp³-hybridized carbons (Fsp3) is 0.143. The lowest BCUT2D eigenvalue weighted by Gasteiger charge is -2.24. The van der Waals surface area contributed by atoms with Crippen LogP contribution < -0.4 is 14.2 Å². The summed E-state index contributed by atoms with van der Waals surface area (Å²) in [6, 6.07) is 24.2. The quantitative estimate of drug-likeness (QED) is 0.267. The van der Waals surface area contributed by atoms with Gasteiger partial charge in [0, 0.05) is 22.6 Å². The average molecular weight is 413 g/mol. The predicted molar refractivity (Wildman–Crippen MR) is 127 cm³/mol. The van der Waals surface area contributed by atoms with Crippen molar-refractivity contribution in [3.8, 4) is 17.2 Å². The second-order valence-corrected chi connectivity index (χ2v) is 6.81. The summed E-state index contributed by atoms with van der Waals surface area (Å²) in [6.07, 6.45) is 10.7. The van der Waals surface area contributed by atoms with Gasteiger partial charge in [0.2, 0.25) is 0 Å². The molecule has 0 radical (unpaired) electrons. The van der Waals surface area contributed by atoms with Crippen molar-refractivity contribution in [3.05, 3.63) is 127 Å². The molecule has 0 aliphatic heterocycles. The minimum Gasteiger partial charge on any atom is -0.465 e. The molecule has 0 fully saturated rings. The van der Waals surface area contributed by atoms with Crippen LogP contribution >= 0.6 is 0 Å². The number of rotatable bonds is 9. The van der Waals surface area contributed by atoms with Crippen LogP contribution in [0.15, 0.2) is 110 Å². The molecule has 0 saturated heterocycles. The third kappa shape index (κ3) is 5.46. The van der Waals surface area contributed by atoms with Gasteiger partial charge in [0.25, 0.3) is 0 Å². The monoisotopic (exact) mass is 412 g/mol. The molecule has 0 bridgehead atoms. The molecule has 3 rings (SSSR count). The van der Waals surface area contributed by atoms with Gasteiger partial charge >= 0.3 is 0 Å². The summed E-state index contributed by atoms with van der Waals surface area (Å²) in [4.78, 5) is 0. The van der Waals surface area contributed by atoms with Crippen molar-refractivity contribution in [3.63, 3.8) is 0 Å². The summed E-state index contributed by atoms with van der Waals surface area (Å²) < 4.78 is 17.9. The first kappa shape index (κ1) is 22.0. The molecule has 0 spiro atoms. The van der Waals surface area contributed by atoms with Crippen LogP contribution in [0.1, 0.15) is 43.4 Å². The zero-order valence-corrected chi connectivity index (χ0v) is 18.2. The molecular formula is C28H28O3. The summed E-state index contributed by atoms with van der Waals surface area (Å²) >= 11 is 0. The first-order chi connectivity index (χ1) is 15.3. The molecule has 0 saturated carbocycles. The molecule has 0 aliphatic carbocycles. The standard InChI is InChI=1S/C28H28O3/c1-4-19-29-25-16-10-7-13-22(25)28(23-14-8-11-17-26(23)30-20-5-2)24-15-9-12-18-27(24)31-21-6-3/h4-21,28H,1-3H3. The molecule has 3 aromatic rings. The Balaban J connectivity index is 2.26. The topological polar surface area (TPSA) is 27.7 Å². The SMILES string of the molecule is CC=COc1ccccc1C(c1ccccc1OC=CC)c1ccccc1OC=CC. The van der Waals surface area contributed by atoms with Crippen molar-refractivity contribution < 1.29 is 14.2 Å². The van der Waals surface area contributed by atoms with Crippen LogP contribution in [-0.4, -0.2) is 0 Å². The van der Waals surface area contributed by atoms with E-state index in [0.29, 0.717) is 0 Å². The van der Waals surface area contributed by atoms with Crippen molar-refractivity contribution in [2.75, 3.05) is 0 Å². The van der Waals surface area contributed by atoms with Crippen LogP contribution in [0.3, 0.4) is 0 Å². The minimum absolute atomic E-state index is 0.163. The van der Waals surface area contributed by atoms with E-state index in [1.54, 1.807) is 18.8 Å². The lowest BCUT2D eigenvalue weighted by Crippen LogP contribution is -2.08. The molecule has 0 heterocycles. The highest BCUT2D eigenvalue weighted by Crippen LogP contribution is 2.44. The summed E-state index contributed by atoms with van der Waals surface area (Å²) in [5.41, 5.74) is 3.07. The van der Waals surface area contributed by atoms with Gasteiger partial charge in [0.05, 0.1) is 18.8 Å². The van der Waals surface area contributed by atoms with Gasteiger partial charge in [-0.1, -0.05) is 72.8 Å². The molecule has 3 heteroatoms. The molecule has 0 unspecified atom stereocenters. The Morgan fingerprint density at radius 2 is 0.774 bits per heavy atom. The molecule has 0 aromatic heterocycles. The Kier molecular flexibility index (Phi) is 8.13. The van der Waals surface area contributed by atoms with Gasteiger partial charge in [0.1, 0.15) is 17.2 Å². The first-order valence-electron chi connectivity index (χ1n) is 10.4. The van der Waals surface area contributed by atoms with Crippen LogP contribution in [0.5, 0.6) is 17.2 Å². The van der Waals surface area contributed by atoms with Crippen LogP contribution in [0.2, 0.25) is 0 Å². The van der Waals surface area contributed by atoms with Gasteiger partial charge in [-0.2, -0.15) is 0 Å². The summed E-state index contributed by atoms with van der Waals surface area (Å²) in [6.45, 7) is 5.79. The Hall–Kier alpha value is -3.72. The highest BCUT2D eigenvalue weighted by Gasteiger charge is 2.26. The van der Waals surface area contributed by atoms with Crippen molar-refractivity contribution in [2.45, 2.75) is 26.7 Å². The van der Waals surface area contributed by atoms with E-state index in [1.165, 1.54) is 0 Å². The third-order valence-electron chi connectivity index (χ3n) is 4.68. The highest BCUT2D eigenvalue weighted by molar-refractivity contribution is 5.56. The van der Waals surface area contributed by atoms with E-state index in [9.17, 15) is 0 Å². The van der Waals surface area contributed by atoms with Crippen molar-refractivity contribution in [1.29, 1.82) is 0 Å². The number of para-hydroxylation sites is 3. The molecular weight excluding hydrogens is 384 g/mol. The average Bonchev–Trinajstić information content (AvgIpc) is 2.82. The van der Waals surface area contributed by atoms with E-state index < -0.39 is 0 Å². The molecule has 0 N–H and O–H groups in total. The summed E-state index contributed by atoms with van der Waals surface area (Å²) in [7, 11) is 0. The first-order valence-corrected chi connectivity index (χ1v) is 10.4. The third-order valence-corrected chi connectivity index (χ3v) is 4.68. The number of ether oxygens (including phenoxy) is 3. The lowest BCUT2D eigenvalue weighted by molar-refractivity contribution is 0.457. The van der Waals surface area contributed by atoms with Gasteiger partial charge in [-0.3, -0.25) is 0 Å². The van der Waals surface area contributed by atoms with E-state index in [0.717, 1.165) is 33.9 Å². The van der Waals surface area contributed by atoms with Crippen LogP contribution in [-0.2, 0) is 0 Å². The van der Waals surface area contributed by atoms with E-state index in [2.05, 4.69) is 18.2 Å². The number of allylic oxidation sites excluding steroid dienone is 3. The van der Waals surface area contributed by atoms with Gasteiger partial charge in [-0.05, 0) is 39.0 Å². The Morgan fingerprint density at radius 1 is 0.484 bits per heavy atom. The van der Waals surface area contributed by atoms with Gasteiger partial charge < -0.3 is 14.2 Å².